The minimum Gasteiger partial charge on any atom is -0.465 e. The molecule has 0 aromatic carbocycles. The maximum absolute atomic E-state index is 11.4. The number of hydrogen-bond donors (Lipinski definition) is 2. The van der Waals surface area contributed by atoms with Gasteiger partial charge in [0.1, 0.15) is 12.4 Å². The molecule has 2 N–H and O–H groups in total. The van der Waals surface area contributed by atoms with E-state index in [1.807, 2.05) is 16.8 Å². The zero-order chi connectivity index (χ0) is 21.2. The molecule has 2 aromatic heterocycles. The number of carboxylic acid groups (broad SMARTS) is 1. The Kier molecular flexibility index (Phi) is 6.90. The van der Waals surface area contributed by atoms with Crippen molar-refractivity contribution in [3.05, 3.63) is 22.9 Å². The topological polar surface area (TPSA) is 79.6 Å². The van der Waals surface area contributed by atoms with Crippen molar-refractivity contribution in [1.29, 1.82) is 0 Å². The van der Waals surface area contributed by atoms with Crippen molar-refractivity contribution < 1.29 is 14.6 Å². The van der Waals surface area contributed by atoms with Gasteiger partial charge in [0.2, 0.25) is 0 Å². The van der Waals surface area contributed by atoms with Gasteiger partial charge in [-0.3, -0.25) is 0 Å². The molecular weight excluding hydrogens is 452 g/mol. The highest BCUT2D eigenvalue weighted by Crippen LogP contribution is 2.32. The molecule has 2 aromatic rings. The summed E-state index contributed by atoms with van der Waals surface area (Å²) in [7, 11) is -1.11. The summed E-state index contributed by atoms with van der Waals surface area (Å²) in [6.07, 6.45) is 3.87. The van der Waals surface area contributed by atoms with Crippen LogP contribution in [0.5, 0.6) is 0 Å². The van der Waals surface area contributed by atoms with Crippen LogP contribution in [0, 0.1) is 5.92 Å². The molecule has 0 unspecified atom stereocenters. The van der Waals surface area contributed by atoms with Gasteiger partial charge in [-0.2, -0.15) is 0 Å². The number of rotatable bonds is 7. The Labute approximate surface area is 181 Å². The number of fused-ring (bicyclic) bond motifs is 1. The SMILES string of the molecule is C[C@H]1C[C@@H](Nc2c(Br)cnc3c2ccn3COCC[Si](C)(C)C)CN(C(=O)O)C1. The number of aromatic nitrogens is 2. The van der Waals surface area contributed by atoms with Gasteiger partial charge >= 0.3 is 6.09 Å². The Hall–Kier alpha value is -1.58. The molecule has 0 aliphatic carbocycles. The molecule has 29 heavy (non-hydrogen) atoms. The van der Waals surface area contributed by atoms with Crippen molar-refractivity contribution in [3.63, 3.8) is 0 Å². The Balaban J connectivity index is 1.74. The first-order valence-corrected chi connectivity index (χ1v) is 14.6. The van der Waals surface area contributed by atoms with Crippen LogP contribution in [-0.4, -0.2) is 59.5 Å². The summed E-state index contributed by atoms with van der Waals surface area (Å²) in [4.78, 5) is 17.5. The van der Waals surface area contributed by atoms with Gasteiger partial charge < -0.3 is 24.6 Å². The zero-order valence-corrected chi connectivity index (χ0v) is 20.2. The van der Waals surface area contributed by atoms with Crippen LogP contribution in [0.1, 0.15) is 13.3 Å². The Morgan fingerprint density at radius 2 is 2.17 bits per heavy atom. The van der Waals surface area contributed by atoms with Crippen molar-refractivity contribution in [2.45, 2.75) is 51.8 Å². The standard InChI is InChI=1S/C20H31BrN4O3Si/c1-14-9-15(12-25(11-14)20(26)27)23-18-16-5-6-24(19(16)22-10-17(18)21)13-28-7-8-29(2,3)4/h5-6,10,14-15H,7-9,11-13H2,1-4H3,(H,22,23)(H,26,27)/t14-,15+/m0/s1. The van der Waals surface area contributed by atoms with Gasteiger partial charge in [-0.15, -0.1) is 0 Å². The molecule has 0 radical (unpaired) electrons. The van der Waals surface area contributed by atoms with E-state index in [1.54, 1.807) is 6.20 Å². The number of halogens is 1. The maximum Gasteiger partial charge on any atom is 0.407 e. The van der Waals surface area contributed by atoms with Gasteiger partial charge in [-0.25, -0.2) is 9.78 Å². The lowest BCUT2D eigenvalue weighted by molar-refractivity contribution is 0.0899. The number of amides is 1. The van der Waals surface area contributed by atoms with E-state index in [1.165, 1.54) is 4.90 Å². The Morgan fingerprint density at radius 3 is 2.86 bits per heavy atom. The Bertz CT molecular complexity index is 867. The van der Waals surface area contributed by atoms with Crippen molar-refractivity contribution in [2.75, 3.05) is 25.0 Å². The summed E-state index contributed by atoms with van der Waals surface area (Å²) in [5.41, 5.74) is 1.82. The minimum atomic E-state index is -1.11. The van der Waals surface area contributed by atoms with E-state index in [0.29, 0.717) is 25.7 Å². The number of ether oxygens (including phenoxy) is 1. The van der Waals surface area contributed by atoms with E-state index < -0.39 is 14.2 Å². The Morgan fingerprint density at radius 1 is 1.41 bits per heavy atom. The van der Waals surface area contributed by atoms with Crippen LogP contribution in [0.25, 0.3) is 11.0 Å². The summed E-state index contributed by atoms with van der Waals surface area (Å²) in [5.74, 6) is 0.317. The van der Waals surface area contributed by atoms with Crippen molar-refractivity contribution in [2.24, 2.45) is 5.92 Å². The van der Waals surface area contributed by atoms with Crippen molar-refractivity contribution in [3.8, 4) is 0 Å². The largest absolute Gasteiger partial charge is 0.465 e. The van der Waals surface area contributed by atoms with E-state index in [9.17, 15) is 9.90 Å². The predicted molar refractivity (Wildman–Crippen MR) is 122 cm³/mol. The normalized spacial score (nSPS) is 20.2. The van der Waals surface area contributed by atoms with Crippen LogP contribution in [0.3, 0.4) is 0 Å². The smallest absolute Gasteiger partial charge is 0.407 e. The predicted octanol–water partition coefficient (Wildman–Crippen LogP) is 4.91. The third-order valence-electron chi connectivity index (χ3n) is 5.25. The van der Waals surface area contributed by atoms with Crippen molar-refractivity contribution in [1.82, 2.24) is 14.5 Å². The van der Waals surface area contributed by atoms with Crippen molar-refractivity contribution >= 4 is 46.8 Å². The molecule has 0 bridgehead atoms. The fraction of sp³-hybridized carbons (Fsp3) is 0.600. The molecule has 0 saturated carbocycles. The van der Waals surface area contributed by atoms with E-state index in [-0.39, 0.29) is 6.04 Å². The number of nitrogens with one attached hydrogen (secondary N) is 1. The third kappa shape index (κ3) is 5.73. The highest BCUT2D eigenvalue weighted by Gasteiger charge is 2.28. The molecule has 3 heterocycles. The van der Waals surface area contributed by atoms with Crippen LogP contribution < -0.4 is 5.32 Å². The molecule has 1 aliphatic rings. The minimum absolute atomic E-state index is 0.0631. The fourth-order valence-electron chi connectivity index (χ4n) is 3.72. The fourth-order valence-corrected chi connectivity index (χ4v) is 4.91. The quantitative estimate of drug-likeness (QED) is 0.432. The van der Waals surface area contributed by atoms with E-state index in [4.69, 9.17) is 4.74 Å². The zero-order valence-electron chi connectivity index (χ0n) is 17.6. The van der Waals surface area contributed by atoms with Crippen LogP contribution in [0.2, 0.25) is 25.7 Å². The van der Waals surface area contributed by atoms with Gasteiger partial charge in [0.15, 0.2) is 0 Å². The molecule has 3 rings (SSSR count). The first kappa shape index (κ1) is 22.1. The monoisotopic (exact) mass is 482 g/mol. The number of piperidine rings is 1. The lowest BCUT2D eigenvalue weighted by atomic mass is 9.96. The van der Waals surface area contributed by atoms with Gasteiger partial charge in [0.25, 0.3) is 0 Å². The van der Waals surface area contributed by atoms with Crippen LogP contribution in [-0.2, 0) is 11.5 Å². The summed E-state index contributed by atoms with van der Waals surface area (Å²) >= 11 is 3.61. The second-order valence-electron chi connectivity index (χ2n) is 9.22. The molecule has 1 fully saturated rings. The molecule has 7 nitrogen and oxygen atoms in total. The summed E-state index contributed by atoms with van der Waals surface area (Å²) < 4.78 is 8.79. The third-order valence-corrected chi connectivity index (χ3v) is 7.55. The molecule has 1 aliphatic heterocycles. The highest BCUT2D eigenvalue weighted by molar-refractivity contribution is 9.10. The molecule has 9 heteroatoms. The molecule has 1 amide bonds. The van der Waals surface area contributed by atoms with Crippen LogP contribution in [0.15, 0.2) is 22.9 Å². The first-order chi connectivity index (χ1) is 13.6. The van der Waals surface area contributed by atoms with Gasteiger partial charge in [0, 0.05) is 51.6 Å². The number of anilines is 1. The van der Waals surface area contributed by atoms with E-state index in [0.717, 1.165) is 40.3 Å². The van der Waals surface area contributed by atoms with Gasteiger partial charge in [0.05, 0.1) is 10.2 Å². The average molecular weight is 483 g/mol. The van der Waals surface area contributed by atoms with E-state index >= 15 is 0 Å². The molecule has 160 valence electrons. The van der Waals surface area contributed by atoms with Gasteiger partial charge in [-0.1, -0.05) is 26.6 Å². The number of pyridine rings is 1. The second-order valence-corrected chi connectivity index (χ2v) is 15.7. The first-order valence-electron chi connectivity index (χ1n) is 10.1. The number of nitrogens with zero attached hydrogens (tertiary/aromatic N) is 3. The number of carbonyl (C=O) groups is 1. The molecule has 0 spiro atoms. The number of likely N-dealkylation sites (tertiary alicyclic amines) is 1. The number of hydrogen-bond acceptors (Lipinski definition) is 4. The lowest BCUT2D eigenvalue weighted by Gasteiger charge is -2.35. The summed E-state index contributed by atoms with van der Waals surface area (Å²) in [6, 6.07) is 3.24. The highest BCUT2D eigenvalue weighted by atomic mass is 79.9. The van der Waals surface area contributed by atoms with E-state index in [2.05, 4.69) is 52.8 Å². The van der Waals surface area contributed by atoms with Crippen LogP contribution in [0.4, 0.5) is 10.5 Å². The summed E-state index contributed by atoms with van der Waals surface area (Å²) in [6.45, 7) is 11.4. The van der Waals surface area contributed by atoms with Gasteiger partial charge in [-0.05, 0) is 40.4 Å². The van der Waals surface area contributed by atoms with Crippen LogP contribution >= 0.6 is 15.9 Å². The average Bonchev–Trinajstić information content (AvgIpc) is 3.03. The lowest BCUT2D eigenvalue weighted by Crippen LogP contribution is -2.47. The maximum atomic E-state index is 11.4. The molecule has 2 atom stereocenters. The summed E-state index contributed by atoms with van der Waals surface area (Å²) in [5, 5.41) is 14.0. The molecular formula is C20H31BrN4O3Si. The molecule has 1 saturated heterocycles. The second kappa shape index (κ2) is 9.05.